The standard InChI is InChI=1S/C16H19NO2S/c18-11-14-3-1-13(2-4-14)7-9-17-16(19)6-5-15-8-10-20-12-15/h1-4,8,10,12,18H,5-7,9,11H2,(H,17,19). The summed E-state index contributed by atoms with van der Waals surface area (Å²) >= 11 is 1.66. The Morgan fingerprint density at radius 2 is 1.80 bits per heavy atom. The number of thiophene rings is 1. The molecule has 4 heteroatoms. The molecule has 0 fully saturated rings. The summed E-state index contributed by atoms with van der Waals surface area (Å²) in [5.74, 6) is 0.100. The van der Waals surface area contributed by atoms with Crippen LogP contribution in [0, 0.1) is 0 Å². The molecule has 0 saturated heterocycles. The third kappa shape index (κ3) is 4.79. The normalized spacial score (nSPS) is 10.4. The SMILES string of the molecule is O=C(CCc1ccsc1)NCCc1ccc(CO)cc1. The van der Waals surface area contributed by atoms with Crippen LogP contribution in [0.15, 0.2) is 41.1 Å². The molecule has 2 rings (SSSR count). The maximum absolute atomic E-state index is 11.7. The number of benzene rings is 1. The first-order valence-electron chi connectivity index (χ1n) is 6.74. The van der Waals surface area contributed by atoms with Crippen molar-refractivity contribution in [2.45, 2.75) is 25.9 Å². The highest BCUT2D eigenvalue weighted by Gasteiger charge is 2.02. The minimum absolute atomic E-state index is 0.0690. The number of aliphatic hydroxyl groups excluding tert-OH is 1. The summed E-state index contributed by atoms with van der Waals surface area (Å²) in [5.41, 5.74) is 3.30. The number of hydrogen-bond acceptors (Lipinski definition) is 3. The third-order valence-electron chi connectivity index (χ3n) is 3.16. The first-order chi connectivity index (χ1) is 9.78. The highest BCUT2D eigenvalue weighted by Crippen LogP contribution is 2.08. The van der Waals surface area contributed by atoms with Crippen LogP contribution in [-0.4, -0.2) is 17.6 Å². The molecule has 0 aliphatic heterocycles. The van der Waals surface area contributed by atoms with Crippen LogP contribution in [0.25, 0.3) is 0 Å². The second-order valence-electron chi connectivity index (χ2n) is 4.71. The first kappa shape index (κ1) is 14.8. The zero-order valence-corrected chi connectivity index (χ0v) is 12.2. The molecule has 0 spiro atoms. The van der Waals surface area contributed by atoms with Gasteiger partial charge >= 0.3 is 0 Å². The van der Waals surface area contributed by atoms with Crippen molar-refractivity contribution in [3.05, 3.63) is 57.8 Å². The molecule has 0 unspecified atom stereocenters. The van der Waals surface area contributed by atoms with E-state index in [0.717, 1.165) is 18.4 Å². The molecule has 3 nitrogen and oxygen atoms in total. The smallest absolute Gasteiger partial charge is 0.220 e. The molecule has 0 atom stereocenters. The monoisotopic (exact) mass is 289 g/mol. The van der Waals surface area contributed by atoms with Gasteiger partial charge in [-0.05, 0) is 46.4 Å². The van der Waals surface area contributed by atoms with Gasteiger partial charge < -0.3 is 10.4 Å². The molecule has 0 aliphatic rings. The second-order valence-corrected chi connectivity index (χ2v) is 5.49. The largest absolute Gasteiger partial charge is 0.392 e. The lowest BCUT2D eigenvalue weighted by molar-refractivity contribution is -0.121. The van der Waals surface area contributed by atoms with Gasteiger partial charge in [0.1, 0.15) is 0 Å². The van der Waals surface area contributed by atoms with Crippen LogP contribution in [0.4, 0.5) is 0 Å². The van der Waals surface area contributed by atoms with Crippen LogP contribution in [0.5, 0.6) is 0 Å². The Hall–Kier alpha value is -1.65. The van der Waals surface area contributed by atoms with E-state index in [1.165, 1.54) is 11.1 Å². The van der Waals surface area contributed by atoms with Crippen LogP contribution in [0.3, 0.4) is 0 Å². The molecule has 2 N–H and O–H groups in total. The van der Waals surface area contributed by atoms with Crippen molar-refractivity contribution in [1.82, 2.24) is 5.32 Å². The molecule has 0 saturated carbocycles. The minimum atomic E-state index is 0.0690. The first-order valence-corrected chi connectivity index (χ1v) is 7.68. The van der Waals surface area contributed by atoms with E-state index >= 15 is 0 Å². The minimum Gasteiger partial charge on any atom is -0.392 e. The van der Waals surface area contributed by atoms with E-state index in [1.807, 2.05) is 29.6 Å². The topological polar surface area (TPSA) is 49.3 Å². The van der Waals surface area contributed by atoms with E-state index < -0.39 is 0 Å². The van der Waals surface area contributed by atoms with Crippen molar-refractivity contribution in [2.75, 3.05) is 6.54 Å². The molecule has 1 aromatic heterocycles. The van der Waals surface area contributed by atoms with Crippen LogP contribution in [-0.2, 0) is 24.2 Å². The lowest BCUT2D eigenvalue weighted by Crippen LogP contribution is -2.25. The van der Waals surface area contributed by atoms with Gasteiger partial charge in [-0.25, -0.2) is 0 Å². The predicted molar refractivity (Wildman–Crippen MR) is 81.7 cm³/mol. The Bertz CT molecular complexity index is 520. The number of aliphatic hydroxyl groups is 1. The Labute approximate surface area is 123 Å². The fourth-order valence-electron chi connectivity index (χ4n) is 1.94. The van der Waals surface area contributed by atoms with Crippen molar-refractivity contribution in [1.29, 1.82) is 0 Å². The van der Waals surface area contributed by atoms with E-state index in [1.54, 1.807) is 11.3 Å². The molecule has 106 valence electrons. The quantitative estimate of drug-likeness (QED) is 0.823. The van der Waals surface area contributed by atoms with Gasteiger partial charge in [0, 0.05) is 13.0 Å². The lowest BCUT2D eigenvalue weighted by atomic mass is 10.1. The summed E-state index contributed by atoms with van der Waals surface area (Å²) in [7, 11) is 0. The van der Waals surface area contributed by atoms with Gasteiger partial charge in [-0.15, -0.1) is 0 Å². The summed E-state index contributed by atoms with van der Waals surface area (Å²) in [4.78, 5) is 11.7. The average molecular weight is 289 g/mol. The van der Waals surface area contributed by atoms with Crippen molar-refractivity contribution in [3.63, 3.8) is 0 Å². The van der Waals surface area contributed by atoms with Crippen molar-refractivity contribution >= 4 is 17.2 Å². The summed E-state index contributed by atoms with van der Waals surface area (Å²) in [6.45, 7) is 0.723. The number of carbonyl (C=O) groups is 1. The van der Waals surface area contributed by atoms with Crippen LogP contribution in [0.1, 0.15) is 23.1 Å². The number of aryl methyl sites for hydroxylation is 1. The zero-order valence-electron chi connectivity index (χ0n) is 11.3. The van der Waals surface area contributed by atoms with Crippen molar-refractivity contribution < 1.29 is 9.90 Å². The van der Waals surface area contributed by atoms with E-state index in [4.69, 9.17) is 5.11 Å². The predicted octanol–water partition coefficient (Wildman–Crippen LogP) is 2.53. The summed E-state index contributed by atoms with van der Waals surface area (Å²) < 4.78 is 0. The maximum atomic E-state index is 11.7. The van der Waals surface area contributed by atoms with Crippen molar-refractivity contribution in [3.8, 4) is 0 Å². The van der Waals surface area contributed by atoms with Gasteiger partial charge in [0.25, 0.3) is 0 Å². The van der Waals surface area contributed by atoms with Crippen LogP contribution in [0.2, 0.25) is 0 Å². The van der Waals surface area contributed by atoms with Gasteiger partial charge in [-0.2, -0.15) is 11.3 Å². The summed E-state index contributed by atoms with van der Waals surface area (Å²) in [6, 6.07) is 9.86. The number of nitrogens with one attached hydrogen (secondary N) is 1. The fraction of sp³-hybridized carbons (Fsp3) is 0.312. The number of carbonyl (C=O) groups excluding carboxylic acids is 1. The molecule has 0 aliphatic carbocycles. The van der Waals surface area contributed by atoms with E-state index in [0.29, 0.717) is 13.0 Å². The van der Waals surface area contributed by atoms with Gasteiger partial charge in [-0.3, -0.25) is 4.79 Å². The molecule has 1 aromatic carbocycles. The Kier molecular flexibility index (Phi) is 5.77. The van der Waals surface area contributed by atoms with Gasteiger partial charge in [0.05, 0.1) is 6.61 Å². The van der Waals surface area contributed by atoms with Gasteiger partial charge in [0.2, 0.25) is 5.91 Å². The molecule has 0 radical (unpaired) electrons. The number of hydrogen-bond donors (Lipinski definition) is 2. The zero-order chi connectivity index (χ0) is 14.2. The number of amides is 1. The van der Waals surface area contributed by atoms with Crippen molar-refractivity contribution in [2.24, 2.45) is 0 Å². The lowest BCUT2D eigenvalue weighted by Gasteiger charge is -2.05. The molecule has 1 amide bonds. The maximum Gasteiger partial charge on any atom is 0.220 e. The second kappa shape index (κ2) is 7.82. The highest BCUT2D eigenvalue weighted by atomic mass is 32.1. The van der Waals surface area contributed by atoms with Crippen LogP contribution < -0.4 is 5.32 Å². The summed E-state index contributed by atoms with van der Waals surface area (Å²) in [5, 5.41) is 16.0. The van der Waals surface area contributed by atoms with E-state index in [9.17, 15) is 4.79 Å². The van der Waals surface area contributed by atoms with E-state index in [-0.39, 0.29) is 12.5 Å². The molecule has 0 bridgehead atoms. The molecular formula is C16H19NO2S. The molecule has 20 heavy (non-hydrogen) atoms. The summed E-state index contributed by atoms with van der Waals surface area (Å²) in [6.07, 6.45) is 2.16. The molecule has 2 aromatic rings. The third-order valence-corrected chi connectivity index (χ3v) is 3.89. The Morgan fingerprint density at radius 1 is 1.05 bits per heavy atom. The Morgan fingerprint density at radius 3 is 2.45 bits per heavy atom. The average Bonchev–Trinajstić information content (AvgIpc) is 2.99. The Balaban J connectivity index is 1.65. The van der Waals surface area contributed by atoms with Gasteiger partial charge in [0.15, 0.2) is 0 Å². The van der Waals surface area contributed by atoms with Crippen LogP contribution >= 0.6 is 11.3 Å². The van der Waals surface area contributed by atoms with E-state index in [2.05, 4.69) is 16.8 Å². The number of rotatable bonds is 7. The fourth-order valence-corrected chi connectivity index (χ4v) is 2.64. The van der Waals surface area contributed by atoms with Gasteiger partial charge in [-0.1, -0.05) is 24.3 Å². The highest BCUT2D eigenvalue weighted by molar-refractivity contribution is 7.07. The molecular weight excluding hydrogens is 270 g/mol. The molecule has 1 heterocycles.